The third-order valence-corrected chi connectivity index (χ3v) is 12.7. The van der Waals surface area contributed by atoms with Crippen LogP contribution in [0.15, 0.2) is 223 Å². The monoisotopic (exact) mass is 804 g/mol. The van der Waals surface area contributed by atoms with Crippen LogP contribution in [0.2, 0.25) is 0 Å². The van der Waals surface area contributed by atoms with Crippen LogP contribution < -0.4 is 10.6 Å². The van der Waals surface area contributed by atoms with Gasteiger partial charge in [-0.2, -0.15) is 0 Å². The Morgan fingerprint density at radius 2 is 0.921 bits per heavy atom. The second kappa shape index (κ2) is 15.1. The minimum Gasteiger partial charge on any atom is -0.348 e. The molecule has 63 heavy (non-hydrogen) atoms. The normalized spacial score (nSPS) is 13.7. The lowest BCUT2D eigenvalue weighted by atomic mass is 9.93. The summed E-state index contributed by atoms with van der Waals surface area (Å²) in [4.78, 5) is 18.3. The van der Waals surface area contributed by atoms with Crippen molar-refractivity contribution in [3.63, 3.8) is 0 Å². The number of nitrogens with zero attached hydrogens (tertiary/aromatic N) is 4. The molecule has 0 bridgehead atoms. The molecule has 10 aromatic carbocycles. The summed E-state index contributed by atoms with van der Waals surface area (Å²) in [5.74, 6) is 0.716. The molecule has 0 fully saturated rings. The third kappa shape index (κ3) is 6.26. The molecule has 1 unspecified atom stereocenters. The zero-order valence-electron chi connectivity index (χ0n) is 34.7. The van der Waals surface area contributed by atoms with Gasteiger partial charge < -0.3 is 4.90 Å². The number of benzene rings is 10. The molecule has 2 heterocycles. The van der Waals surface area contributed by atoms with Gasteiger partial charge in [0.05, 0.1) is 22.3 Å². The molecule has 4 heteroatoms. The Hall–Kier alpha value is -8.21. The highest BCUT2D eigenvalue weighted by Gasteiger charge is 2.26. The summed E-state index contributed by atoms with van der Waals surface area (Å²) in [7, 11) is 2.18. The number of hydrogen-bond acceptors (Lipinski definition) is 4. The van der Waals surface area contributed by atoms with Crippen LogP contribution in [-0.4, -0.2) is 21.9 Å². The van der Waals surface area contributed by atoms with Crippen molar-refractivity contribution < 1.29 is 0 Å². The van der Waals surface area contributed by atoms with Gasteiger partial charge in [0.15, 0.2) is 5.82 Å². The smallest absolute Gasteiger partial charge is 0.161 e. The predicted octanol–water partition coefficient (Wildman–Crippen LogP) is 13.2. The molecular weight excluding hydrogens is 765 g/mol. The van der Waals surface area contributed by atoms with Gasteiger partial charge in [-0.1, -0.05) is 188 Å². The molecule has 0 saturated heterocycles. The first-order valence-electron chi connectivity index (χ1n) is 21.5. The van der Waals surface area contributed by atoms with E-state index in [2.05, 4.69) is 230 Å². The van der Waals surface area contributed by atoms with Gasteiger partial charge in [0, 0.05) is 34.3 Å². The lowest BCUT2D eigenvalue weighted by molar-refractivity contribution is 0.353. The van der Waals surface area contributed by atoms with Gasteiger partial charge >= 0.3 is 0 Å². The van der Waals surface area contributed by atoms with Crippen molar-refractivity contribution in [1.29, 1.82) is 0 Å². The fourth-order valence-corrected chi connectivity index (χ4v) is 9.69. The van der Waals surface area contributed by atoms with E-state index in [1.54, 1.807) is 0 Å². The van der Waals surface area contributed by atoms with Crippen molar-refractivity contribution >= 4 is 48.9 Å². The van der Waals surface area contributed by atoms with Crippen LogP contribution in [0, 0.1) is 0 Å². The van der Waals surface area contributed by atoms with E-state index >= 15 is 0 Å². The van der Waals surface area contributed by atoms with E-state index in [0.29, 0.717) is 5.82 Å². The maximum Gasteiger partial charge on any atom is 0.161 e. The molecule has 0 amide bonds. The summed E-state index contributed by atoms with van der Waals surface area (Å²) in [6.07, 6.45) is -0.213. The molecule has 0 spiro atoms. The molecule has 1 aromatic heterocycles. The maximum absolute atomic E-state index is 5.41. The van der Waals surface area contributed by atoms with E-state index in [-0.39, 0.29) is 6.17 Å². The minimum absolute atomic E-state index is 0.213. The SMILES string of the molecule is CN1C(c2ccc3cc(-c4nc(-c5ccc(-c6ccccc6)c6ccccc56)nc5ccccc45)ccc3c2)=c2ccccc2=NC1c1ccc(-c2ccccc2)c2ccccc12. The van der Waals surface area contributed by atoms with Gasteiger partial charge in [0.2, 0.25) is 0 Å². The molecule has 0 N–H and O–H groups in total. The van der Waals surface area contributed by atoms with Crippen molar-refractivity contribution in [3.8, 4) is 44.9 Å². The maximum atomic E-state index is 5.41. The number of rotatable bonds is 6. The first-order chi connectivity index (χ1) is 31.2. The Kier molecular flexibility index (Phi) is 8.75. The van der Waals surface area contributed by atoms with E-state index in [4.69, 9.17) is 15.0 Å². The van der Waals surface area contributed by atoms with Gasteiger partial charge in [-0.3, -0.25) is 4.99 Å². The second-order valence-corrected chi connectivity index (χ2v) is 16.4. The second-order valence-electron chi connectivity index (χ2n) is 16.4. The molecular formula is C59H40N4. The van der Waals surface area contributed by atoms with Crippen molar-refractivity contribution in [3.05, 3.63) is 240 Å². The van der Waals surface area contributed by atoms with Crippen LogP contribution in [-0.2, 0) is 0 Å². The molecule has 0 aliphatic carbocycles. The predicted molar refractivity (Wildman–Crippen MR) is 260 cm³/mol. The molecule has 0 saturated carbocycles. The molecule has 1 aliphatic heterocycles. The Morgan fingerprint density at radius 1 is 0.397 bits per heavy atom. The van der Waals surface area contributed by atoms with Crippen molar-refractivity contribution in [2.75, 3.05) is 7.05 Å². The zero-order valence-corrected chi connectivity index (χ0v) is 34.7. The number of hydrogen-bond donors (Lipinski definition) is 0. The number of para-hydroxylation sites is 2. The minimum atomic E-state index is -0.213. The average molecular weight is 805 g/mol. The number of fused-ring (bicyclic) bond motifs is 5. The Bertz CT molecular complexity index is 3710. The zero-order chi connectivity index (χ0) is 41.9. The summed E-state index contributed by atoms with van der Waals surface area (Å²) >= 11 is 0. The highest BCUT2D eigenvalue weighted by atomic mass is 15.2. The summed E-state index contributed by atoms with van der Waals surface area (Å²) in [5.41, 5.74) is 12.2. The summed E-state index contributed by atoms with van der Waals surface area (Å²) in [5, 5.41) is 10.2. The third-order valence-electron chi connectivity index (χ3n) is 12.7. The van der Waals surface area contributed by atoms with Crippen LogP contribution in [0.3, 0.4) is 0 Å². The van der Waals surface area contributed by atoms with Crippen LogP contribution in [0.25, 0.3) is 93.8 Å². The molecule has 296 valence electrons. The van der Waals surface area contributed by atoms with Gasteiger partial charge in [-0.15, -0.1) is 0 Å². The molecule has 1 aliphatic rings. The molecule has 12 rings (SSSR count). The summed E-state index contributed by atoms with van der Waals surface area (Å²) in [6.45, 7) is 0. The highest BCUT2D eigenvalue weighted by molar-refractivity contribution is 6.05. The van der Waals surface area contributed by atoms with E-state index in [9.17, 15) is 0 Å². The van der Waals surface area contributed by atoms with Gasteiger partial charge in [-0.05, 0) is 90.5 Å². The van der Waals surface area contributed by atoms with Crippen molar-refractivity contribution in [1.82, 2.24) is 14.9 Å². The Labute approximate surface area is 365 Å². The molecule has 0 radical (unpaired) electrons. The van der Waals surface area contributed by atoms with Crippen LogP contribution in [0.4, 0.5) is 0 Å². The molecule has 4 nitrogen and oxygen atoms in total. The molecule has 1 atom stereocenters. The number of aromatic nitrogens is 2. The lowest BCUT2D eigenvalue weighted by Crippen LogP contribution is -2.40. The van der Waals surface area contributed by atoms with E-state index in [0.717, 1.165) is 65.7 Å². The fourth-order valence-electron chi connectivity index (χ4n) is 9.69. The Balaban J connectivity index is 0.951. The summed E-state index contributed by atoms with van der Waals surface area (Å²) < 4.78 is 0. The fraction of sp³-hybridized carbons (Fsp3) is 0.0339. The first-order valence-corrected chi connectivity index (χ1v) is 21.5. The largest absolute Gasteiger partial charge is 0.348 e. The first kappa shape index (κ1) is 36.6. The molecule has 11 aromatic rings. The standard InChI is InChI=1S/C59H40N4/c1-63-57(53-25-13-15-27-55(53)61-59(63)51-35-33-45(39-18-6-3-7-19-39)47-21-9-11-23-49(47)51)43-31-29-40-36-42(30-28-41(40)37-43)56-52-24-12-14-26-54(52)60-58(62-56)50-34-32-44(38-16-4-2-5-17-38)46-20-8-10-22-48(46)50/h2-37,59H,1H3. The van der Waals surface area contributed by atoms with Crippen LogP contribution in [0.1, 0.15) is 17.3 Å². The van der Waals surface area contributed by atoms with E-state index < -0.39 is 0 Å². The van der Waals surface area contributed by atoms with Gasteiger partial charge in [0.1, 0.15) is 6.17 Å². The average Bonchev–Trinajstić information content (AvgIpc) is 3.35. The van der Waals surface area contributed by atoms with Crippen LogP contribution in [0.5, 0.6) is 0 Å². The topological polar surface area (TPSA) is 41.4 Å². The summed E-state index contributed by atoms with van der Waals surface area (Å²) in [6, 6.07) is 77.9. The van der Waals surface area contributed by atoms with Crippen molar-refractivity contribution in [2.24, 2.45) is 4.99 Å². The van der Waals surface area contributed by atoms with Gasteiger partial charge in [0.25, 0.3) is 0 Å². The quantitative estimate of drug-likeness (QED) is 0.168. The van der Waals surface area contributed by atoms with Crippen LogP contribution >= 0.6 is 0 Å². The Morgan fingerprint density at radius 3 is 1.63 bits per heavy atom. The highest BCUT2D eigenvalue weighted by Crippen LogP contribution is 2.40. The van der Waals surface area contributed by atoms with Crippen molar-refractivity contribution in [2.45, 2.75) is 6.17 Å². The van der Waals surface area contributed by atoms with E-state index in [1.807, 2.05) is 0 Å². The van der Waals surface area contributed by atoms with Gasteiger partial charge in [-0.25, -0.2) is 9.97 Å². The lowest BCUT2D eigenvalue weighted by Gasteiger charge is -2.33. The van der Waals surface area contributed by atoms with E-state index in [1.165, 1.54) is 44.0 Å².